The first-order chi connectivity index (χ1) is 6.29. The van der Waals surface area contributed by atoms with Crippen molar-refractivity contribution in [1.82, 2.24) is 12.3 Å². The summed E-state index contributed by atoms with van der Waals surface area (Å²) >= 11 is 1.06. The molecule has 0 atom stereocenters. The van der Waals surface area contributed by atoms with Crippen LogP contribution in [0.5, 0.6) is 0 Å². The van der Waals surface area contributed by atoms with Crippen LogP contribution in [0.4, 0.5) is 0 Å². The van der Waals surface area contributed by atoms with Gasteiger partial charge >= 0.3 is 21.0 Å². The fourth-order valence-corrected chi connectivity index (χ4v) is 0. The average molecular weight is 279 g/mol. The molecule has 0 unspecified atom stereocenters. The Morgan fingerprint density at radius 2 is 0.625 bits per heavy atom. The van der Waals surface area contributed by atoms with Gasteiger partial charge in [0.05, 0.1) is 23.9 Å². The monoisotopic (exact) mass is 279 g/mol. The van der Waals surface area contributed by atoms with E-state index in [0.717, 1.165) is 17.4 Å². The average Bonchev–Trinajstić information content (AvgIpc) is 2.08. The standard InChI is InChI=1S/2C2H2O4.2H3N.O.V/c2*3-1(4)2(5)6;;;;/h2*(H,3,4)(H,5,6);2*1H3;;/q;;;;;+2/p-2. The number of quaternary nitrogens is 2. The van der Waals surface area contributed by atoms with E-state index in [1.165, 1.54) is 0 Å². The SMILES string of the molecule is O=C([O-])C(=O)[O-].O=C([O-])C(=O)[O-].[NH4+].[NH4+].[O]=[V+2]. The molecular weight excluding hydrogens is 271 g/mol. The van der Waals surface area contributed by atoms with Gasteiger partial charge in [0.1, 0.15) is 0 Å². The van der Waals surface area contributed by atoms with Crippen molar-refractivity contribution < 1.29 is 60.6 Å². The second-order valence-electron chi connectivity index (χ2n) is 1.15. The third-order valence-electron chi connectivity index (χ3n) is 0.333. The molecule has 0 aromatic carbocycles. The molecule has 8 N–H and O–H groups in total. The fraction of sp³-hybridized carbons (Fsp3) is 0. The van der Waals surface area contributed by atoms with E-state index in [9.17, 15) is 0 Å². The van der Waals surface area contributed by atoms with E-state index in [4.69, 9.17) is 43.3 Å². The summed E-state index contributed by atoms with van der Waals surface area (Å²) < 4.78 is 8.19. The first-order valence-corrected chi connectivity index (χ1v) is 2.89. The van der Waals surface area contributed by atoms with Crippen LogP contribution in [0.2, 0.25) is 0 Å². The molecule has 0 aliphatic heterocycles. The molecule has 0 fully saturated rings. The van der Waals surface area contributed by atoms with Crippen LogP contribution in [-0.4, -0.2) is 23.9 Å². The van der Waals surface area contributed by atoms with Crippen molar-refractivity contribution in [2.24, 2.45) is 0 Å². The zero-order valence-corrected chi connectivity index (χ0v) is 9.52. The van der Waals surface area contributed by atoms with E-state index in [-0.39, 0.29) is 12.3 Å². The first-order valence-electron chi connectivity index (χ1n) is 2.32. The third-order valence-corrected chi connectivity index (χ3v) is 0.333. The summed E-state index contributed by atoms with van der Waals surface area (Å²) in [5.74, 6) is -8.74. The minimum absolute atomic E-state index is 0. The Bertz CT molecular complexity index is 194. The molecule has 0 amide bonds. The Morgan fingerprint density at radius 1 is 0.562 bits per heavy atom. The number of aliphatic carboxylic acids is 4. The van der Waals surface area contributed by atoms with Crippen molar-refractivity contribution in [2.45, 2.75) is 0 Å². The van der Waals surface area contributed by atoms with Gasteiger partial charge in [-0.05, 0) is 0 Å². The van der Waals surface area contributed by atoms with E-state index in [1.807, 2.05) is 0 Å². The van der Waals surface area contributed by atoms with Gasteiger partial charge in [-0.1, -0.05) is 0 Å². The van der Waals surface area contributed by atoms with Crippen molar-refractivity contribution >= 4 is 23.9 Å². The summed E-state index contributed by atoms with van der Waals surface area (Å²) in [5, 5.41) is 35.7. The number of hydrogen-bond donors (Lipinski definition) is 2. The van der Waals surface area contributed by atoms with Gasteiger partial charge in [-0.15, -0.1) is 0 Å². The number of carboxylic acids is 4. The quantitative estimate of drug-likeness (QED) is 0.399. The number of hydrogen-bond acceptors (Lipinski definition) is 9. The van der Waals surface area contributed by atoms with Crippen LogP contribution in [0, 0.1) is 0 Å². The Morgan fingerprint density at radius 3 is 0.625 bits per heavy atom. The van der Waals surface area contributed by atoms with E-state index in [1.54, 1.807) is 0 Å². The molecule has 11 nitrogen and oxygen atoms in total. The molecule has 0 aromatic heterocycles. The van der Waals surface area contributed by atoms with Crippen molar-refractivity contribution in [3.05, 3.63) is 0 Å². The summed E-state index contributed by atoms with van der Waals surface area (Å²) in [6, 6.07) is 0. The van der Waals surface area contributed by atoms with Crippen LogP contribution < -0.4 is 32.7 Å². The first kappa shape index (κ1) is 29.2. The zero-order chi connectivity index (χ0) is 12.3. The molecule has 0 bridgehead atoms. The summed E-state index contributed by atoms with van der Waals surface area (Å²) in [5.41, 5.74) is 0. The topological polar surface area (TPSA) is 251 Å². The summed E-state index contributed by atoms with van der Waals surface area (Å²) in [6.07, 6.45) is 0. The molecule has 0 saturated carbocycles. The molecule has 0 radical (unpaired) electrons. The van der Waals surface area contributed by atoms with Crippen LogP contribution in [0.15, 0.2) is 0 Å². The fourth-order valence-electron chi connectivity index (χ4n) is 0. The van der Waals surface area contributed by atoms with E-state index >= 15 is 0 Å². The molecule has 0 aliphatic carbocycles. The van der Waals surface area contributed by atoms with Crippen LogP contribution in [0.1, 0.15) is 0 Å². The maximum absolute atomic E-state index is 8.93. The molecule has 0 aliphatic rings. The van der Waals surface area contributed by atoms with Crippen molar-refractivity contribution in [3.63, 3.8) is 0 Å². The third kappa shape index (κ3) is 39.9. The Kier molecular flexibility index (Phi) is 34.5. The van der Waals surface area contributed by atoms with Crippen molar-refractivity contribution in [2.75, 3.05) is 0 Å². The van der Waals surface area contributed by atoms with Gasteiger partial charge in [0.2, 0.25) is 0 Å². The van der Waals surface area contributed by atoms with Gasteiger partial charge < -0.3 is 51.9 Å². The van der Waals surface area contributed by atoms with E-state index < -0.39 is 23.9 Å². The number of rotatable bonds is 0. The predicted octanol–water partition coefficient (Wildman–Crippen LogP) is -6.40. The number of carbonyl (C=O) groups excluding carboxylic acids is 4. The van der Waals surface area contributed by atoms with Gasteiger partial charge in [0, 0.05) is 0 Å². The van der Waals surface area contributed by atoms with Gasteiger partial charge in [-0.25, -0.2) is 0 Å². The maximum atomic E-state index is 8.93. The van der Waals surface area contributed by atoms with Crippen LogP contribution in [-0.2, 0) is 40.2 Å². The van der Waals surface area contributed by atoms with Crippen LogP contribution in [0.3, 0.4) is 0 Å². The molecule has 0 heterocycles. The van der Waals surface area contributed by atoms with Gasteiger partial charge in [-0.2, -0.15) is 0 Å². The molecular formula is C4H8N2O9V. The molecule has 93 valence electrons. The number of carbonyl (C=O) groups is 4. The molecule has 16 heavy (non-hydrogen) atoms. The predicted molar refractivity (Wildman–Crippen MR) is 32.7 cm³/mol. The second-order valence-corrected chi connectivity index (χ2v) is 1.15. The molecule has 0 aromatic rings. The molecule has 0 rings (SSSR count). The van der Waals surface area contributed by atoms with Gasteiger partial charge in [0.15, 0.2) is 0 Å². The van der Waals surface area contributed by atoms with Gasteiger partial charge in [0.25, 0.3) is 0 Å². The van der Waals surface area contributed by atoms with E-state index in [0.29, 0.717) is 0 Å². The number of carboxylic acid groups (broad SMARTS) is 4. The summed E-state index contributed by atoms with van der Waals surface area (Å²) in [7, 11) is 0. The molecule has 0 saturated heterocycles. The second kappa shape index (κ2) is 18.9. The Labute approximate surface area is 97.4 Å². The summed E-state index contributed by atoms with van der Waals surface area (Å²) in [4.78, 5) is 35.7. The Balaban J connectivity index is -0.0000000393. The van der Waals surface area contributed by atoms with Gasteiger partial charge in [-0.3, -0.25) is 0 Å². The van der Waals surface area contributed by atoms with Crippen molar-refractivity contribution in [3.8, 4) is 0 Å². The van der Waals surface area contributed by atoms with Crippen LogP contribution >= 0.6 is 0 Å². The van der Waals surface area contributed by atoms with E-state index in [2.05, 4.69) is 0 Å². The Hall–Kier alpha value is -1.82. The normalized spacial score (nSPS) is 5.88. The summed E-state index contributed by atoms with van der Waals surface area (Å²) in [6.45, 7) is 0. The van der Waals surface area contributed by atoms with Crippen LogP contribution in [0.25, 0.3) is 0 Å². The molecule has 12 heteroatoms. The minimum atomic E-state index is -2.19. The molecule has 0 spiro atoms. The zero-order valence-electron chi connectivity index (χ0n) is 8.12. The van der Waals surface area contributed by atoms with Crippen molar-refractivity contribution in [1.29, 1.82) is 0 Å².